The van der Waals surface area contributed by atoms with Gasteiger partial charge in [-0.2, -0.15) is 0 Å². The van der Waals surface area contributed by atoms with Gasteiger partial charge in [-0.3, -0.25) is 9.59 Å². The van der Waals surface area contributed by atoms with Crippen molar-refractivity contribution in [3.8, 4) is 5.75 Å². The monoisotopic (exact) mass is 408 g/mol. The van der Waals surface area contributed by atoms with E-state index < -0.39 is 5.82 Å². The molecule has 2 heterocycles. The Kier molecular flexibility index (Phi) is 7.44. The molecule has 1 aromatic carbocycles. The molecule has 0 spiro atoms. The van der Waals surface area contributed by atoms with Crippen LogP contribution in [0.2, 0.25) is 0 Å². The summed E-state index contributed by atoms with van der Waals surface area (Å²) >= 11 is 0. The minimum absolute atomic E-state index is 0.0126. The van der Waals surface area contributed by atoms with Gasteiger partial charge in [0.1, 0.15) is 6.61 Å². The van der Waals surface area contributed by atoms with Crippen molar-refractivity contribution < 1.29 is 28.2 Å². The zero-order valence-corrected chi connectivity index (χ0v) is 17.1. The summed E-state index contributed by atoms with van der Waals surface area (Å²) in [5.41, 5.74) is 0.304. The van der Waals surface area contributed by atoms with Crippen molar-refractivity contribution in [1.82, 2.24) is 9.80 Å². The fourth-order valence-electron chi connectivity index (χ4n) is 4.20. The van der Waals surface area contributed by atoms with Crippen LogP contribution in [0, 0.1) is 5.82 Å². The Bertz CT molecular complexity index is 715. The van der Waals surface area contributed by atoms with E-state index in [1.54, 1.807) is 11.0 Å². The minimum Gasteiger partial charge on any atom is -0.494 e. The van der Waals surface area contributed by atoms with Crippen LogP contribution < -0.4 is 4.74 Å². The van der Waals surface area contributed by atoms with Crippen molar-refractivity contribution in [2.24, 2.45) is 0 Å². The lowest BCUT2D eigenvalue weighted by Gasteiger charge is -2.43. The van der Waals surface area contributed by atoms with E-state index in [1.807, 2.05) is 4.90 Å². The van der Waals surface area contributed by atoms with Gasteiger partial charge in [0, 0.05) is 51.1 Å². The van der Waals surface area contributed by atoms with Crippen molar-refractivity contribution >= 4 is 11.8 Å². The largest absolute Gasteiger partial charge is 0.494 e. The average molecular weight is 408 g/mol. The maximum atomic E-state index is 14.0. The normalized spacial score (nSPS) is 18.5. The second-order valence-corrected chi connectivity index (χ2v) is 7.45. The number of methoxy groups -OCH3 is 2. The zero-order chi connectivity index (χ0) is 20.8. The van der Waals surface area contributed by atoms with Crippen molar-refractivity contribution in [3.05, 3.63) is 29.6 Å². The first-order valence-electron chi connectivity index (χ1n) is 10.1. The smallest absolute Gasteiger partial charge is 0.253 e. The van der Waals surface area contributed by atoms with Gasteiger partial charge in [-0.05, 0) is 43.9 Å². The molecule has 2 amide bonds. The predicted octanol–water partition coefficient (Wildman–Crippen LogP) is 2.09. The summed E-state index contributed by atoms with van der Waals surface area (Å²) in [5.74, 6) is -0.652. The highest BCUT2D eigenvalue weighted by Crippen LogP contribution is 2.26. The first kappa shape index (κ1) is 21.5. The topological polar surface area (TPSA) is 68.3 Å². The van der Waals surface area contributed by atoms with E-state index in [0.717, 1.165) is 12.8 Å². The maximum absolute atomic E-state index is 14.0. The lowest BCUT2D eigenvalue weighted by Crippen LogP contribution is -2.54. The van der Waals surface area contributed by atoms with Gasteiger partial charge in [-0.15, -0.1) is 0 Å². The van der Waals surface area contributed by atoms with Crippen molar-refractivity contribution in [1.29, 1.82) is 0 Å². The molecular weight excluding hydrogens is 379 g/mol. The number of rotatable bonds is 6. The van der Waals surface area contributed by atoms with E-state index in [4.69, 9.17) is 14.2 Å². The highest BCUT2D eigenvalue weighted by Gasteiger charge is 2.35. The van der Waals surface area contributed by atoms with Gasteiger partial charge in [0.25, 0.3) is 5.91 Å². The van der Waals surface area contributed by atoms with Gasteiger partial charge >= 0.3 is 0 Å². The molecule has 29 heavy (non-hydrogen) atoms. The van der Waals surface area contributed by atoms with Crippen LogP contribution in [0.5, 0.6) is 5.75 Å². The molecule has 1 aromatic rings. The lowest BCUT2D eigenvalue weighted by atomic mass is 9.97. The van der Waals surface area contributed by atoms with Gasteiger partial charge in [-0.1, -0.05) is 0 Å². The van der Waals surface area contributed by atoms with Crippen LogP contribution >= 0.6 is 0 Å². The van der Waals surface area contributed by atoms with E-state index in [0.29, 0.717) is 44.7 Å². The second-order valence-electron chi connectivity index (χ2n) is 7.45. The van der Waals surface area contributed by atoms with Gasteiger partial charge in [0.05, 0.1) is 7.11 Å². The van der Waals surface area contributed by atoms with E-state index >= 15 is 0 Å². The standard InChI is InChI=1S/C21H29FN2O5/c1-27-14-20(25)24(17-7-11-29-12-8-17)16-5-9-23(10-6-16)21(26)15-3-4-19(28-2)18(22)13-15/h3-4,13,16-17H,5-12,14H2,1-2H3. The van der Waals surface area contributed by atoms with Crippen molar-refractivity contribution in [2.75, 3.05) is 47.1 Å². The molecule has 2 fully saturated rings. The highest BCUT2D eigenvalue weighted by molar-refractivity contribution is 5.94. The number of carbonyl (C=O) groups is 2. The molecular formula is C21H29FN2O5. The third-order valence-electron chi connectivity index (χ3n) is 5.68. The number of likely N-dealkylation sites (tertiary alicyclic amines) is 1. The number of carbonyl (C=O) groups excluding carboxylic acids is 2. The summed E-state index contributed by atoms with van der Waals surface area (Å²) in [6.07, 6.45) is 3.02. The number of benzene rings is 1. The Morgan fingerprint density at radius 1 is 1.14 bits per heavy atom. The van der Waals surface area contributed by atoms with E-state index in [-0.39, 0.29) is 36.3 Å². The molecule has 160 valence electrons. The van der Waals surface area contributed by atoms with Gasteiger partial charge < -0.3 is 24.0 Å². The molecule has 2 aliphatic heterocycles. The number of hydrogen-bond donors (Lipinski definition) is 0. The molecule has 0 bridgehead atoms. The molecule has 0 saturated carbocycles. The first-order valence-corrected chi connectivity index (χ1v) is 10.1. The quantitative estimate of drug-likeness (QED) is 0.721. The van der Waals surface area contributed by atoms with Crippen LogP contribution in [0.15, 0.2) is 18.2 Å². The van der Waals surface area contributed by atoms with Crippen LogP contribution in [-0.4, -0.2) is 80.8 Å². The Morgan fingerprint density at radius 2 is 1.79 bits per heavy atom. The number of piperidine rings is 1. The van der Waals surface area contributed by atoms with Crippen LogP contribution in [0.3, 0.4) is 0 Å². The van der Waals surface area contributed by atoms with Crippen LogP contribution in [0.1, 0.15) is 36.0 Å². The number of ether oxygens (including phenoxy) is 3. The van der Waals surface area contributed by atoms with Gasteiger partial charge in [0.15, 0.2) is 11.6 Å². The third-order valence-corrected chi connectivity index (χ3v) is 5.68. The number of halogens is 1. The van der Waals surface area contributed by atoms with Crippen molar-refractivity contribution in [3.63, 3.8) is 0 Å². The molecule has 8 heteroatoms. The van der Waals surface area contributed by atoms with E-state index in [1.165, 1.54) is 26.4 Å². The average Bonchev–Trinajstić information content (AvgIpc) is 2.75. The van der Waals surface area contributed by atoms with Gasteiger partial charge in [0.2, 0.25) is 5.91 Å². The summed E-state index contributed by atoms with van der Waals surface area (Å²) in [7, 11) is 2.91. The minimum atomic E-state index is -0.552. The highest BCUT2D eigenvalue weighted by atomic mass is 19.1. The first-order chi connectivity index (χ1) is 14.0. The fourth-order valence-corrected chi connectivity index (χ4v) is 4.20. The molecule has 0 unspecified atom stereocenters. The Morgan fingerprint density at radius 3 is 2.38 bits per heavy atom. The number of hydrogen-bond acceptors (Lipinski definition) is 5. The molecule has 2 aliphatic rings. The molecule has 7 nitrogen and oxygen atoms in total. The van der Waals surface area contributed by atoms with Crippen molar-refractivity contribution in [2.45, 2.75) is 37.8 Å². The molecule has 2 saturated heterocycles. The van der Waals surface area contributed by atoms with E-state index in [2.05, 4.69) is 0 Å². The summed E-state index contributed by atoms with van der Waals surface area (Å²) in [5, 5.41) is 0. The Hall–Kier alpha value is -2.19. The van der Waals surface area contributed by atoms with Crippen LogP contribution in [0.25, 0.3) is 0 Å². The van der Waals surface area contributed by atoms with Crippen LogP contribution in [-0.2, 0) is 14.3 Å². The van der Waals surface area contributed by atoms with Crippen LogP contribution in [0.4, 0.5) is 4.39 Å². The summed E-state index contributed by atoms with van der Waals surface area (Å²) in [6.45, 7) is 2.42. The lowest BCUT2D eigenvalue weighted by molar-refractivity contribution is -0.143. The second kappa shape index (κ2) is 10.0. The predicted molar refractivity (Wildman–Crippen MR) is 104 cm³/mol. The molecule has 3 rings (SSSR count). The fraction of sp³-hybridized carbons (Fsp3) is 0.619. The molecule has 0 aliphatic carbocycles. The summed E-state index contributed by atoms with van der Waals surface area (Å²) < 4.78 is 29.4. The molecule has 0 atom stereocenters. The number of nitrogens with zero attached hydrogens (tertiary/aromatic N) is 2. The van der Waals surface area contributed by atoms with Gasteiger partial charge in [-0.25, -0.2) is 4.39 Å². The Balaban J connectivity index is 1.64. The third kappa shape index (κ3) is 5.05. The molecule has 0 radical (unpaired) electrons. The summed E-state index contributed by atoms with van der Waals surface area (Å²) in [4.78, 5) is 29.2. The van der Waals surface area contributed by atoms with E-state index in [9.17, 15) is 14.0 Å². The Labute approximate surface area is 170 Å². The zero-order valence-electron chi connectivity index (χ0n) is 17.1. The SMILES string of the molecule is COCC(=O)N(C1CCOCC1)C1CCN(C(=O)c2ccc(OC)c(F)c2)CC1. The number of amides is 2. The summed E-state index contributed by atoms with van der Waals surface area (Å²) in [6, 6.07) is 4.47. The molecule has 0 aromatic heterocycles. The molecule has 0 N–H and O–H groups in total. The maximum Gasteiger partial charge on any atom is 0.253 e.